The number of carbonyl (C=O) groups excluding carboxylic acids is 1. The van der Waals surface area contributed by atoms with Crippen LogP contribution in [0, 0.1) is 4.64 Å². The van der Waals surface area contributed by atoms with Gasteiger partial charge in [-0.15, -0.1) is 0 Å². The van der Waals surface area contributed by atoms with Crippen molar-refractivity contribution >= 4 is 34.1 Å². The molecule has 0 saturated heterocycles. The Balaban J connectivity index is 2.09. The van der Waals surface area contributed by atoms with Crippen LogP contribution in [0.25, 0.3) is 0 Å². The van der Waals surface area contributed by atoms with Gasteiger partial charge in [0.1, 0.15) is 4.64 Å². The lowest BCUT2D eigenvalue weighted by Crippen LogP contribution is -2.37. The van der Waals surface area contributed by atoms with E-state index in [9.17, 15) is 9.90 Å². The highest BCUT2D eigenvalue weighted by molar-refractivity contribution is 9.10. The van der Waals surface area contributed by atoms with Gasteiger partial charge in [-0.2, -0.15) is 0 Å². The summed E-state index contributed by atoms with van der Waals surface area (Å²) >= 11 is 8.41. The quantitative estimate of drug-likeness (QED) is 0.726. The smallest absolute Gasteiger partial charge is 0.254 e. The van der Waals surface area contributed by atoms with Gasteiger partial charge in [0.2, 0.25) is 0 Å². The summed E-state index contributed by atoms with van der Waals surface area (Å²) in [6, 6.07) is 10.2. The van der Waals surface area contributed by atoms with Crippen molar-refractivity contribution < 1.29 is 9.90 Å². The van der Waals surface area contributed by atoms with Crippen molar-refractivity contribution in [3.63, 3.8) is 0 Å². The Morgan fingerprint density at radius 2 is 2.00 bits per heavy atom. The van der Waals surface area contributed by atoms with Crippen LogP contribution in [0.5, 0.6) is 0 Å². The predicted octanol–water partition coefficient (Wildman–Crippen LogP) is 3.36. The lowest BCUT2D eigenvalue weighted by Gasteiger charge is -2.20. The topological polar surface area (TPSA) is 65.1 Å². The third-order valence-electron chi connectivity index (χ3n) is 3.11. The summed E-state index contributed by atoms with van der Waals surface area (Å²) in [7, 11) is 0. The van der Waals surface area contributed by atoms with E-state index >= 15 is 0 Å². The van der Waals surface area contributed by atoms with Crippen molar-refractivity contribution in [1.29, 1.82) is 0 Å². The monoisotopic (exact) mass is 366 g/mol. The highest BCUT2D eigenvalue weighted by atomic mass is 79.9. The maximum absolute atomic E-state index is 12.1. The second kappa shape index (κ2) is 6.98. The summed E-state index contributed by atoms with van der Waals surface area (Å²) in [5, 5.41) is 13.0. The van der Waals surface area contributed by atoms with Gasteiger partial charge in [0, 0.05) is 10.7 Å². The van der Waals surface area contributed by atoms with Gasteiger partial charge in [0.05, 0.1) is 17.7 Å². The Hall–Kier alpha value is -1.50. The molecule has 0 aliphatic rings. The Morgan fingerprint density at radius 3 is 2.62 bits per heavy atom. The number of benzene rings is 1. The molecular weight excluding hydrogens is 352 g/mol. The predicted molar refractivity (Wildman–Crippen MR) is 87.7 cm³/mol. The average molecular weight is 367 g/mol. The van der Waals surface area contributed by atoms with Gasteiger partial charge >= 0.3 is 0 Å². The number of nitrogens with one attached hydrogen (secondary N) is 2. The van der Waals surface area contributed by atoms with E-state index in [1.165, 1.54) is 0 Å². The Kier molecular flexibility index (Phi) is 5.27. The highest BCUT2D eigenvalue weighted by Crippen LogP contribution is 2.19. The first kappa shape index (κ1) is 15.9. The number of aromatic nitrogens is 1. The summed E-state index contributed by atoms with van der Waals surface area (Å²) < 4.78 is 1.31. The van der Waals surface area contributed by atoms with E-state index in [1.54, 1.807) is 25.3 Å². The fourth-order valence-electron chi connectivity index (χ4n) is 1.91. The number of H-pyrrole nitrogens is 1. The van der Waals surface area contributed by atoms with E-state index < -0.39 is 12.1 Å². The van der Waals surface area contributed by atoms with Gasteiger partial charge < -0.3 is 15.4 Å². The summed E-state index contributed by atoms with van der Waals surface area (Å²) in [6.07, 6.45) is 0.877. The molecule has 0 saturated carbocycles. The maximum Gasteiger partial charge on any atom is 0.254 e. The lowest BCUT2D eigenvalue weighted by molar-refractivity contribution is 0.0851. The van der Waals surface area contributed by atoms with Crippen LogP contribution in [0.4, 0.5) is 0 Å². The summed E-state index contributed by atoms with van der Waals surface area (Å²) in [5.74, 6) is -0.305. The Labute approximate surface area is 136 Å². The van der Waals surface area contributed by atoms with Crippen LogP contribution in [0.2, 0.25) is 0 Å². The zero-order valence-electron chi connectivity index (χ0n) is 11.3. The number of hydrogen-bond acceptors (Lipinski definition) is 3. The standard InChI is InChI=1S/C15H15BrN2O2S/c1-9(13(19)10-4-6-11(16)7-5-10)18-14(20)12-3-2-8-17-15(12)21/h2-9,13,19H,1H3,(H,17,21)(H,18,20)/t9-,13-/m1/s1. The molecule has 110 valence electrons. The van der Waals surface area contributed by atoms with Crippen LogP contribution >= 0.6 is 28.1 Å². The first-order valence-corrected chi connectivity index (χ1v) is 7.61. The van der Waals surface area contributed by atoms with E-state index in [1.807, 2.05) is 24.3 Å². The molecule has 0 fully saturated rings. The third-order valence-corrected chi connectivity index (χ3v) is 3.97. The van der Waals surface area contributed by atoms with E-state index in [2.05, 4.69) is 26.2 Å². The molecule has 0 unspecified atom stereocenters. The molecule has 2 atom stereocenters. The molecule has 1 heterocycles. The highest BCUT2D eigenvalue weighted by Gasteiger charge is 2.19. The minimum atomic E-state index is -0.789. The Bertz CT molecular complexity index is 685. The van der Waals surface area contributed by atoms with Crippen LogP contribution < -0.4 is 5.32 Å². The van der Waals surface area contributed by atoms with Crippen molar-refractivity contribution in [2.75, 3.05) is 0 Å². The van der Waals surface area contributed by atoms with Gasteiger partial charge in [-0.1, -0.05) is 40.3 Å². The Morgan fingerprint density at radius 1 is 1.33 bits per heavy atom. The van der Waals surface area contributed by atoms with Crippen LogP contribution in [-0.2, 0) is 0 Å². The van der Waals surface area contributed by atoms with E-state index in [-0.39, 0.29) is 5.91 Å². The molecule has 3 N–H and O–H groups in total. The van der Waals surface area contributed by atoms with Gasteiger partial charge in [-0.25, -0.2) is 0 Å². The molecule has 1 aromatic heterocycles. The number of aromatic amines is 1. The molecule has 2 aromatic rings. The van der Waals surface area contributed by atoms with Crippen LogP contribution in [0.15, 0.2) is 47.1 Å². The number of hydrogen-bond donors (Lipinski definition) is 3. The molecule has 4 nitrogen and oxygen atoms in total. The van der Waals surface area contributed by atoms with Crippen molar-refractivity contribution in [2.45, 2.75) is 19.1 Å². The summed E-state index contributed by atoms with van der Waals surface area (Å²) in [4.78, 5) is 15.0. The minimum Gasteiger partial charge on any atom is -0.386 e. The second-order valence-electron chi connectivity index (χ2n) is 4.67. The van der Waals surface area contributed by atoms with E-state index in [0.29, 0.717) is 10.2 Å². The molecular formula is C15H15BrN2O2S. The average Bonchev–Trinajstić information content (AvgIpc) is 2.47. The molecule has 0 radical (unpaired) electrons. The van der Waals surface area contributed by atoms with E-state index in [0.717, 1.165) is 10.0 Å². The fourth-order valence-corrected chi connectivity index (χ4v) is 2.41. The van der Waals surface area contributed by atoms with Gasteiger partial charge in [-0.3, -0.25) is 4.79 Å². The second-order valence-corrected chi connectivity index (χ2v) is 6.00. The maximum atomic E-state index is 12.1. The molecule has 0 aliphatic heterocycles. The number of aliphatic hydroxyl groups excluding tert-OH is 1. The lowest BCUT2D eigenvalue weighted by atomic mass is 10.0. The van der Waals surface area contributed by atoms with E-state index in [4.69, 9.17) is 12.2 Å². The molecule has 21 heavy (non-hydrogen) atoms. The zero-order valence-corrected chi connectivity index (χ0v) is 13.7. The molecule has 1 aromatic carbocycles. The molecule has 0 aliphatic carbocycles. The van der Waals surface area contributed by atoms with Crippen molar-refractivity contribution in [1.82, 2.24) is 10.3 Å². The van der Waals surface area contributed by atoms with Crippen LogP contribution in [0.1, 0.15) is 28.9 Å². The zero-order chi connectivity index (χ0) is 15.4. The largest absolute Gasteiger partial charge is 0.386 e. The molecule has 6 heteroatoms. The molecule has 1 amide bonds. The fraction of sp³-hybridized carbons (Fsp3) is 0.200. The number of pyridine rings is 1. The number of rotatable bonds is 4. The normalized spacial score (nSPS) is 13.5. The number of amides is 1. The first-order chi connectivity index (χ1) is 9.99. The van der Waals surface area contributed by atoms with Crippen LogP contribution in [0.3, 0.4) is 0 Å². The molecule has 0 bridgehead atoms. The number of halogens is 1. The van der Waals surface area contributed by atoms with Gasteiger partial charge in [0.25, 0.3) is 5.91 Å². The SMILES string of the molecule is C[C@@H](NC(=O)c1ccc[nH]c1=S)[C@@H](O)c1ccc(Br)cc1. The number of aliphatic hydroxyl groups is 1. The van der Waals surface area contributed by atoms with Crippen molar-refractivity contribution in [3.8, 4) is 0 Å². The van der Waals surface area contributed by atoms with Gasteiger partial charge in [-0.05, 0) is 36.8 Å². The van der Waals surface area contributed by atoms with Crippen molar-refractivity contribution in [3.05, 3.63) is 62.8 Å². The van der Waals surface area contributed by atoms with Crippen LogP contribution in [-0.4, -0.2) is 22.0 Å². The first-order valence-electron chi connectivity index (χ1n) is 6.41. The minimum absolute atomic E-state index is 0.305. The third kappa shape index (κ3) is 4.00. The summed E-state index contributed by atoms with van der Waals surface area (Å²) in [6.45, 7) is 1.75. The van der Waals surface area contributed by atoms with Gasteiger partial charge in [0.15, 0.2) is 0 Å². The molecule has 0 spiro atoms. The summed E-state index contributed by atoms with van der Waals surface area (Å²) in [5.41, 5.74) is 1.13. The number of carbonyl (C=O) groups is 1. The van der Waals surface area contributed by atoms with Crippen molar-refractivity contribution in [2.24, 2.45) is 0 Å². The molecule has 2 rings (SSSR count).